The van der Waals surface area contributed by atoms with E-state index in [1.807, 2.05) is 18.4 Å². The van der Waals surface area contributed by atoms with Crippen molar-refractivity contribution in [1.82, 2.24) is 9.97 Å². The Labute approximate surface area is 86.7 Å². The number of thiazole rings is 1. The molecule has 0 spiro atoms. The number of rotatable bonds is 1. The van der Waals surface area contributed by atoms with Gasteiger partial charge in [0.25, 0.3) is 0 Å². The Bertz CT molecular complexity index is 494. The van der Waals surface area contributed by atoms with Crippen molar-refractivity contribution in [2.45, 2.75) is 6.92 Å². The summed E-state index contributed by atoms with van der Waals surface area (Å²) in [7, 11) is 0. The molecule has 14 heavy (non-hydrogen) atoms. The van der Waals surface area contributed by atoms with E-state index in [1.165, 1.54) is 0 Å². The third kappa shape index (κ3) is 1.52. The normalized spacial score (nSPS) is 9.71. The smallest absolute Gasteiger partial charge is 0.0901 e. The van der Waals surface area contributed by atoms with Crippen LogP contribution in [0.15, 0.2) is 23.8 Å². The topological polar surface area (TPSA) is 25.8 Å². The van der Waals surface area contributed by atoms with Crippen LogP contribution in [0.25, 0.3) is 11.3 Å². The lowest BCUT2D eigenvalue weighted by atomic mass is 10.1. The summed E-state index contributed by atoms with van der Waals surface area (Å²) in [5.74, 6) is 2.61. The summed E-state index contributed by atoms with van der Waals surface area (Å²) in [4.78, 5) is 8.37. The summed E-state index contributed by atoms with van der Waals surface area (Å²) < 4.78 is 0. The second kappa shape index (κ2) is 3.60. The van der Waals surface area contributed by atoms with E-state index in [0.717, 1.165) is 21.8 Å². The number of terminal acetylenes is 1. The molecule has 68 valence electrons. The molecule has 0 bridgehead atoms. The van der Waals surface area contributed by atoms with Crippen molar-refractivity contribution in [2.24, 2.45) is 0 Å². The van der Waals surface area contributed by atoms with Gasteiger partial charge in [0, 0.05) is 23.3 Å². The van der Waals surface area contributed by atoms with Gasteiger partial charge >= 0.3 is 0 Å². The molecular formula is C11H8N2S. The Morgan fingerprint density at radius 1 is 1.50 bits per heavy atom. The Morgan fingerprint density at radius 2 is 2.36 bits per heavy atom. The molecule has 0 unspecified atom stereocenters. The molecule has 0 fully saturated rings. The lowest BCUT2D eigenvalue weighted by Crippen LogP contribution is -1.85. The van der Waals surface area contributed by atoms with E-state index in [2.05, 4.69) is 15.9 Å². The maximum absolute atomic E-state index is 5.38. The van der Waals surface area contributed by atoms with Gasteiger partial charge in [0.05, 0.1) is 16.3 Å². The summed E-state index contributed by atoms with van der Waals surface area (Å²) >= 11 is 1.62. The quantitative estimate of drug-likeness (QED) is 0.661. The van der Waals surface area contributed by atoms with Gasteiger partial charge in [0.2, 0.25) is 0 Å². The highest BCUT2D eigenvalue weighted by molar-refractivity contribution is 7.09. The van der Waals surface area contributed by atoms with Crippen LogP contribution in [0.4, 0.5) is 0 Å². The van der Waals surface area contributed by atoms with E-state index in [4.69, 9.17) is 6.42 Å². The monoisotopic (exact) mass is 200 g/mol. The zero-order valence-corrected chi connectivity index (χ0v) is 8.51. The number of hydrogen-bond acceptors (Lipinski definition) is 3. The van der Waals surface area contributed by atoms with Crippen molar-refractivity contribution in [2.75, 3.05) is 0 Å². The third-order valence-corrected chi connectivity index (χ3v) is 2.65. The Hall–Kier alpha value is -1.66. The van der Waals surface area contributed by atoms with E-state index in [0.29, 0.717) is 0 Å². The van der Waals surface area contributed by atoms with Gasteiger partial charge in [-0.15, -0.1) is 17.8 Å². The van der Waals surface area contributed by atoms with Gasteiger partial charge in [0.15, 0.2) is 0 Å². The number of aryl methyl sites for hydroxylation is 1. The second-order valence-corrected chi connectivity index (χ2v) is 3.88. The van der Waals surface area contributed by atoms with Crippen LogP contribution in [0, 0.1) is 19.3 Å². The van der Waals surface area contributed by atoms with Gasteiger partial charge in [0.1, 0.15) is 0 Å². The van der Waals surface area contributed by atoms with E-state index >= 15 is 0 Å². The molecule has 0 radical (unpaired) electrons. The molecule has 0 aliphatic heterocycles. The Kier molecular flexibility index (Phi) is 2.30. The average Bonchev–Trinajstić information content (AvgIpc) is 2.65. The van der Waals surface area contributed by atoms with Gasteiger partial charge in [-0.1, -0.05) is 5.92 Å². The first kappa shape index (κ1) is 8.92. The molecule has 0 N–H and O–H groups in total. The van der Waals surface area contributed by atoms with E-state index in [1.54, 1.807) is 23.7 Å². The highest BCUT2D eigenvalue weighted by Gasteiger charge is 2.05. The predicted molar refractivity (Wildman–Crippen MR) is 58.0 cm³/mol. The third-order valence-electron chi connectivity index (χ3n) is 1.87. The Morgan fingerprint density at radius 3 is 3.00 bits per heavy atom. The van der Waals surface area contributed by atoms with Crippen molar-refractivity contribution in [1.29, 1.82) is 0 Å². The van der Waals surface area contributed by atoms with Crippen LogP contribution in [-0.2, 0) is 0 Å². The average molecular weight is 200 g/mol. The largest absolute Gasteiger partial charge is 0.263 e. The van der Waals surface area contributed by atoms with Crippen molar-refractivity contribution in [3.63, 3.8) is 0 Å². The summed E-state index contributed by atoms with van der Waals surface area (Å²) in [6, 6.07) is 1.89. The summed E-state index contributed by atoms with van der Waals surface area (Å²) in [5.41, 5.74) is 2.70. The first-order chi connectivity index (χ1) is 6.81. The fourth-order valence-corrected chi connectivity index (χ4v) is 1.83. The van der Waals surface area contributed by atoms with Crippen LogP contribution in [0.5, 0.6) is 0 Å². The maximum Gasteiger partial charge on any atom is 0.0901 e. The van der Waals surface area contributed by atoms with Crippen LogP contribution < -0.4 is 0 Å². The molecule has 0 amide bonds. The number of aromatic nitrogens is 2. The van der Waals surface area contributed by atoms with E-state index < -0.39 is 0 Å². The second-order valence-electron chi connectivity index (χ2n) is 2.82. The molecule has 0 saturated heterocycles. The lowest BCUT2D eigenvalue weighted by molar-refractivity contribution is 1.27. The Balaban J connectivity index is 2.57. The van der Waals surface area contributed by atoms with Gasteiger partial charge in [-0.25, -0.2) is 4.98 Å². The molecule has 0 aliphatic carbocycles. The molecular weight excluding hydrogens is 192 g/mol. The minimum atomic E-state index is 0.790. The highest BCUT2D eigenvalue weighted by Crippen LogP contribution is 2.23. The zero-order chi connectivity index (χ0) is 9.97. The predicted octanol–water partition coefficient (Wildman–Crippen LogP) is 2.49. The van der Waals surface area contributed by atoms with E-state index in [-0.39, 0.29) is 0 Å². The maximum atomic E-state index is 5.38. The summed E-state index contributed by atoms with van der Waals surface area (Å²) in [5, 5.41) is 3.05. The molecule has 2 rings (SSSR count). The molecule has 0 saturated carbocycles. The molecule has 3 heteroatoms. The first-order valence-electron chi connectivity index (χ1n) is 4.14. The van der Waals surface area contributed by atoms with Gasteiger partial charge < -0.3 is 0 Å². The first-order valence-corrected chi connectivity index (χ1v) is 5.02. The highest BCUT2D eigenvalue weighted by atomic mass is 32.1. The summed E-state index contributed by atoms with van der Waals surface area (Å²) in [6.45, 7) is 1.98. The van der Waals surface area contributed by atoms with Gasteiger partial charge in [-0.2, -0.15) is 0 Å². The van der Waals surface area contributed by atoms with Crippen molar-refractivity contribution < 1.29 is 0 Å². The molecule has 2 heterocycles. The fourth-order valence-electron chi connectivity index (χ4n) is 1.22. The number of hydrogen-bond donors (Lipinski definition) is 0. The van der Waals surface area contributed by atoms with Crippen molar-refractivity contribution in [3.05, 3.63) is 34.4 Å². The van der Waals surface area contributed by atoms with Crippen molar-refractivity contribution >= 4 is 11.3 Å². The molecule has 0 aromatic carbocycles. The molecule has 2 nitrogen and oxygen atoms in total. The van der Waals surface area contributed by atoms with Gasteiger partial charge in [-0.05, 0) is 13.0 Å². The van der Waals surface area contributed by atoms with Crippen LogP contribution in [0.3, 0.4) is 0 Å². The molecule has 0 atom stereocenters. The van der Waals surface area contributed by atoms with Crippen LogP contribution >= 0.6 is 11.3 Å². The minimum absolute atomic E-state index is 0.790. The standard InChI is InChI=1S/C11H8N2S/c1-3-9-6-12-5-4-10(9)11-7-14-8(2)13-11/h1,4-7H,2H3. The fraction of sp³-hybridized carbons (Fsp3) is 0.0909. The molecule has 2 aromatic rings. The number of nitrogens with zero attached hydrogens (tertiary/aromatic N) is 2. The number of pyridine rings is 1. The lowest BCUT2D eigenvalue weighted by Gasteiger charge is -1.98. The SMILES string of the molecule is C#Cc1cnccc1-c1csc(C)n1. The molecule has 2 aromatic heterocycles. The minimum Gasteiger partial charge on any atom is -0.263 e. The zero-order valence-electron chi connectivity index (χ0n) is 7.69. The van der Waals surface area contributed by atoms with Crippen LogP contribution in [0.2, 0.25) is 0 Å². The van der Waals surface area contributed by atoms with Crippen LogP contribution in [-0.4, -0.2) is 9.97 Å². The van der Waals surface area contributed by atoms with Gasteiger partial charge in [-0.3, -0.25) is 4.98 Å². The van der Waals surface area contributed by atoms with E-state index in [9.17, 15) is 0 Å². The molecule has 0 aliphatic rings. The summed E-state index contributed by atoms with van der Waals surface area (Å²) in [6.07, 6.45) is 8.79. The van der Waals surface area contributed by atoms with Crippen LogP contribution in [0.1, 0.15) is 10.6 Å². The van der Waals surface area contributed by atoms with Crippen molar-refractivity contribution in [3.8, 4) is 23.6 Å².